The smallest absolute Gasteiger partial charge is 0.180 e. The number of ether oxygens (including phenoxy) is 2. The van der Waals surface area contributed by atoms with Crippen LogP contribution >= 0.6 is 23.4 Å². The summed E-state index contributed by atoms with van der Waals surface area (Å²) in [4.78, 5) is 0. The fraction of sp³-hybridized carbons (Fsp3) is 0.222. The Morgan fingerprint density at radius 3 is 2.72 bits per heavy atom. The molecule has 0 saturated heterocycles. The van der Waals surface area contributed by atoms with Gasteiger partial charge in [0.15, 0.2) is 16.7 Å². The molecule has 0 unspecified atom stereocenters. The van der Waals surface area contributed by atoms with Crippen LogP contribution in [0.3, 0.4) is 0 Å². The van der Waals surface area contributed by atoms with Crippen molar-refractivity contribution in [3.8, 4) is 11.5 Å². The maximum Gasteiger partial charge on any atom is 0.180 e. The highest BCUT2D eigenvalue weighted by Crippen LogP contribution is 2.35. The molecule has 0 aliphatic heterocycles. The first kappa shape index (κ1) is 19.1. The molecule has 0 spiro atoms. The van der Waals surface area contributed by atoms with Gasteiger partial charge in [0.2, 0.25) is 0 Å². The van der Waals surface area contributed by atoms with E-state index in [1.54, 1.807) is 25.5 Å². The number of hydrogen-bond donors (Lipinski definition) is 1. The molecule has 0 aliphatic rings. The minimum Gasteiger partial charge on any atom is -0.491 e. The van der Waals surface area contributed by atoms with Crippen molar-refractivity contribution in [1.82, 2.24) is 0 Å². The molecule has 0 amide bonds. The molecule has 0 aromatic heterocycles. The van der Waals surface area contributed by atoms with E-state index in [9.17, 15) is 0 Å². The third-order valence-corrected chi connectivity index (χ3v) is 4.26. The van der Waals surface area contributed by atoms with Crippen molar-refractivity contribution in [1.29, 1.82) is 0 Å². The second kappa shape index (κ2) is 9.96. The van der Waals surface area contributed by atoms with Crippen LogP contribution in [0.4, 0.5) is 0 Å². The molecule has 7 heteroatoms. The molecule has 25 heavy (non-hydrogen) atoms. The SMILES string of the molecule is CCOc1cc(C=NN=C(N)SCc2ccccc2)cc(Cl)c1OC. The molecule has 2 rings (SSSR count). The highest BCUT2D eigenvalue weighted by Gasteiger charge is 2.10. The lowest BCUT2D eigenvalue weighted by molar-refractivity contribution is 0.311. The number of benzene rings is 2. The maximum atomic E-state index is 6.20. The summed E-state index contributed by atoms with van der Waals surface area (Å²) in [5.41, 5.74) is 7.79. The lowest BCUT2D eigenvalue weighted by Crippen LogP contribution is -2.06. The summed E-state index contributed by atoms with van der Waals surface area (Å²) in [7, 11) is 1.55. The van der Waals surface area contributed by atoms with Gasteiger partial charge in [-0.1, -0.05) is 53.7 Å². The Morgan fingerprint density at radius 2 is 2.04 bits per heavy atom. The Labute approximate surface area is 156 Å². The molecule has 0 fully saturated rings. The number of hydrogen-bond acceptors (Lipinski definition) is 5. The highest BCUT2D eigenvalue weighted by molar-refractivity contribution is 8.13. The average Bonchev–Trinajstić information content (AvgIpc) is 2.61. The molecule has 0 aliphatic carbocycles. The Kier molecular flexibility index (Phi) is 7.63. The van der Waals surface area contributed by atoms with Crippen molar-refractivity contribution in [3.05, 3.63) is 58.6 Å². The van der Waals surface area contributed by atoms with E-state index >= 15 is 0 Å². The molecule has 132 valence electrons. The van der Waals surface area contributed by atoms with Crippen LogP contribution in [0.2, 0.25) is 5.02 Å². The predicted molar refractivity (Wildman–Crippen MR) is 106 cm³/mol. The van der Waals surface area contributed by atoms with E-state index in [0.29, 0.717) is 28.3 Å². The standard InChI is InChI=1S/C18H20ClN3O2S/c1-3-24-16-10-14(9-15(19)17(16)23-2)11-21-22-18(20)25-12-13-7-5-4-6-8-13/h4-11H,3,12H2,1-2H3,(H2,20,22). The van der Waals surface area contributed by atoms with E-state index in [4.69, 9.17) is 26.8 Å². The fourth-order valence-electron chi connectivity index (χ4n) is 2.04. The van der Waals surface area contributed by atoms with Crippen molar-refractivity contribution in [2.24, 2.45) is 15.9 Å². The summed E-state index contributed by atoms with van der Waals surface area (Å²) in [5, 5.41) is 8.85. The lowest BCUT2D eigenvalue weighted by Gasteiger charge is -2.11. The van der Waals surface area contributed by atoms with E-state index in [-0.39, 0.29) is 0 Å². The third-order valence-electron chi connectivity index (χ3n) is 3.13. The van der Waals surface area contributed by atoms with Crippen LogP contribution < -0.4 is 15.2 Å². The van der Waals surface area contributed by atoms with Gasteiger partial charge in [0.1, 0.15) is 0 Å². The molecule has 0 heterocycles. The zero-order valence-corrected chi connectivity index (χ0v) is 15.7. The average molecular weight is 378 g/mol. The second-order valence-electron chi connectivity index (χ2n) is 4.92. The van der Waals surface area contributed by atoms with Crippen LogP contribution in [0, 0.1) is 0 Å². The monoisotopic (exact) mass is 377 g/mol. The molecule has 0 bridgehead atoms. The molecule has 0 saturated carbocycles. The lowest BCUT2D eigenvalue weighted by atomic mass is 10.2. The number of rotatable bonds is 7. The first-order valence-electron chi connectivity index (χ1n) is 7.67. The van der Waals surface area contributed by atoms with Crippen molar-refractivity contribution in [2.75, 3.05) is 13.7 Å². The van der Waals surface area contributed by atoms with E-state index in [2.05, 4.69) is 10.2 Å². The summed E-state index contributed by atoms with van der Waals surface area (Å²) >= 11 is 7.63. The second-order valence-corrected chi connectivity index (χ2v) is 6.33. The van der Waals surface area contributed by atoms with Gasteiger partial charge in [0.05, 0.1) is 25.0 Å². The van der Waals surface area contributed by atoms with Crippen LogP contribution in [0.1, 0.15) is 18.1 Å². The molecular weight excluding hydrogens is 358 g/mol. The largest absolute Gasteiger partial charge is 0.491 e. The van der Waals surface area contributed by atoms with Gasteiger partial charge in [-0.2, -0.15) is 5.10 Å². The van der Waals surface area contributed by atoms with Gasteiger partial charge in [-0.25, -0.2) is 0 Å². The molecular formula is C18H20ClN3O2S. The van der Waals surface area contributed by atoms with Crippen LogP contribution in [0.25, 0.3) is 0 Å². The van der Waals surface area contributed by atoms with Gasteiger partial charge in [-0.15, -0.1) is 5.10 Å². The Hall–Kier alpha value is -2.18. The summed E-state index contributed by atoms with van der Waals surface area (Å²) in [6.07, 6.45) is 1.57. The molecule has 2 aromatic carbocycles. The summed E-state index contributed by atoms with van der Waals surface area (Å²) < 4.78 is 10.8. The molecule has 2 aromatic rings. The van der Waals surface area contributed by atoms with E-state index in [1.807, 2.05) is 37.3 Å². The van der Waals surface area contributed by atoms with E-state index < -0.39 is 0 Å². The van der Waals surface area contributed by atoms with Gasteiger partial charge < -0.3 is 15.2 Å². The van der Waals surface area contributed by atoms with Gasteiger partial charge in [0, 0.05) is 11.3 Å². The third kappa shape index (κ3) is 5.99. The van der Waals surface area contributed by atoms with E-state index in [0.717, 1.165) is 11.3 Å². The Balaban J connectivity index is 2.02. The summed E-state index contributed by atoms with van der Waals surface area (Å²) in [5.74, 6) is 1.81. The first-order chi connectivity index (χ1) is 12.1. The topological polar surface area (TPSA) is 69.2 Å². The van der Waals surface area contributed by atoms with Crippen molar-refractivity contribution in [2.45, 2.75) is 12.7 Å². The van der Waals surface area contributed by atoms with Crippen molar-refractivity contribution >= 4 is 34.7 Å². The zero-order chi connectivity index (χ0) is 18.1. The fourth-order valence-corrected chi connectivity index (χ4v) is 2.94. The van der Waals surface area contributed by atoms with Crippen LogP contribution in [0.5, 0.6) is 11.5 Å². The Morgan fingerprint density at radius 1 is 1.28 bits per heavy atom. The van der Waals surface area contributed by atoms with Gasteiger partial charge in [0.25, 0.3) is 0 Å². The number of thioether (sulfide) groups is 1. The summed E-state index contributed by atoms with van der Waals surface area (Å²) in [6.45, 7) is 2.40. The van der Waals surface area contributed by atoms with Gasteiger partial charge in [-0.3, -0.25) is 0 Å². The Bertz CT molecular complexity index is 751. The quantitative estimate of drug-likeness (QED) is 0.443. The normalized spacial score (nSPS) is 11.7. The van der Waals surface area contributed by atoms with Crippen LogP contribution in [0.15, 0.2) is 52.7 Å². The van der Waals surface area contributed by atoms with Crippen molar-refractivity contribution < 1.29 is 9.47 Å². The van der Waals surface area contributed by atoms with Gasteiger partial charge >= 0.3 is 0 Å². The first-order valence-corrected chi connectivity index (χ1v) is 9.04. The van der Waals surface area contributed by atoms with Crippen LogP contribution in [-0.2, 0) is 5.75 Å². The number of nitrogens with zero attached hydrogens (tertiary/aromatic N) is 2. The number of halogens is 1. The number of nitrogens with two attached hydrogens (primary N) is 1. The van der Waals surface area contributed by atoms with Gasteiger partial charge in [-0.05, 0) is 24.6 Å². The number of methoxy groups -OCH3 is 1. The molecule has 2 N–H and O–H groups in total. The van der Waals surface area contributed by atoms with E-state index in [1.165, 1.54) is 17.3 Å². The maximum absolute atomic E-state index is 6.20. The zero-order valence-electron chi connectivity index (χ0n) is 14.1. The van der Waals surface area contributed by atoms with Crippen molar-refractivity contribution in [3.63, 3.8) is 0 Å². The minimum absolute atomic E-state index is 0.393. The minimum atomic E-state index is 0.393. The summed E-state index contributed by atoms with van der Waals surface area (Å²) in [6, 6.07) is 13.6. The molecule has 5 nitrogen and oxygen atoms in total. The number of amidine groups is 1. The van der Waals surface area contributed by atoms with Crippen LogP contribution in [-0.4, -0.2) is 25.1 Å². The predicted octanol–water partition coefficient (Wildman–Crippen LogP) is 4.33. The molecule has 0 radical (unpaired) electrons. The molecule has 0 atom stereocenters. The highest BCUT2D eigenvalue weighted by atomic mass is 35.5.